The van der Waals surface area contributed by atoms with E-state index in [9.17, 15) is 9.59 Å². The van der Waals surface area contributed by atoms with Crippen molar-refractivity contribution in [1.29, 1.82) is 0 Å². The summed E-state index contributed by atoms with van der Waals surface area (Å²) < 4.78 is 0. The molecule has 18 heavy (non-hydrogen) atoms. The van der Waals surface area contributed by atoms with Crippen molar-refractivity contribution < 1.29 is 14.7 Å². The van der Waals surface area contributed by atoms with E-state index in [0.29, 0.717) is 24.0 Å². The lowest BCUT2D eigenvalue weighted by molar-refractivity contribution is -0.137. The van der Waals surface area contributed by atoms with Crippen LogP contribution >= 0.6 is 11.3 Å². The number of aromatic nitrogens is 1. The molecule has 1 aliphatic carbocycles. The molecule has 2 amide bonds. The molecule has 1 heterocycles. The molecule has 0 aromatic carbocycles. The topological polar surface area (TPSA) is 91.3 Å². The summed E-state index contributed by atoms with van der Waals surface area (Å²) in [5.41, 5.74) is 1.06. The van der Waals surface area contributed by atoms with Gasteiger partial charge >= 0.3 is 12.0 Å². The van der Waals surface area contributed by atoms with Crippen molar-refractivity contribution in [3.63, 3.8) is 0 Å². The maximum Gasteiger partial charge on any atom is 0.321 e. The molecule has 1 aliphatic rings. The van der Waals surface area contributed by atoms with E-state index in [4.69, 9.17) is 5.11 Å². The first-order valence-corrected chi connectivity index (χ1v) is 6.75. The van der Waals surface area contributed by atoms with Gasteiger partial charge in [-0.05, 0) is 19.3 Å². The summed E-state index contributed by atoms with van der Waals surface area (Å²) in [5, 5.41) is 16.2. The number of carbonyl (C=O) groups excluding carboxylic acids is 1. The Morgan fingerprint density at radius 3 is 2.94 bits per heavy atom. The van der Waals surface area contributed by atoms with Crippen LogP contribution in [0.25, 0.3) is 0 Å². The fourth-order valence-electron chi connectivity index (χ4n) is 1.49. The second kappa shape index (κ2) is 5.81. The number of hydrogen-bond acceptors (Lipinski definition) is 4. The van der Waals surface area contributed by atoms with E-state index in [0.717, 1.165) is 5.69 Å². The number of amides is 2. The molecular formula is C11H15N3O3S. The smallest absolute Gasteiger partial charge is 0.321 e. The summed E-state index contributed by atoms with van der Waals surface area (Å²) in [6.45, 7) is 0.346. The van der Waals surface area contributed by atoms with Gasteiger partial charge in [0.15, 0.2) is 5.13 Å². The molecule has 0 aliphatic heterocycles. The zero-order chi connectivity index (χ0) is 13.0. The van der Waals surface area contributed by atoms with Crippen molar-refractivity contribution in [1.82, 2.24) is 10.3 Å². The standard InChI is InChI=1S/C11H15N3O3S/c15-9(16)2-1-5-12-10(17)14-11-13-8(6-18-11)7-3-4-7/h6-7H,1-5H2,(H,15,16)(H2,12,13,14,17). The van der Waals surface area contributed by atoms with Gasteiger partial charge in [0.05, 0.1) is 5.69 Å². The molecule has 1 saturated carbocycles. The largest absolute Gasteiger partial charge is 0.481 e. The fraction of sp³-hybridized carbons (Fsp3) is 0.545. The molecule has 7 heteroatoms. The van der Waals surface area contributed by atoms with Crippen LogP contribution in [0, 0.1) is 0 Å². The van der Waals surface area contributed by atoms with Gasteiger partial charge in [-0.3, -0.25) is 10.1 Å². The van der Waals surface area contributed by atoms with Crippen LogP contribution in [0.4, 0.5) is 9.93 Å². The number of anilines is 1. The SMILES string of the molecule is O=C(O)CCCNC(=O)Nc1nc(C2CC2)cs1. The molecule has 0 spiro atoms. The van der Waals surface area contributed by atoms with Crippen molar-refractivity contribution in [3.05, 3.63) is 11.1 Å². The third-order valence-corrected chi connectivity index (χ3v) is 3.37. The van der Waals surface area contributed by atoms with E-state index in [-0.39, 0.29) is 12.5 Å². The first-order valence-electron chi connectivity index (χ1n) is 5.87. The van der Waals surface area contributed by atoms with E-state index in [1.54, 1.807) is 0 Å². The summed E-state index contributed by atoms with van der Waals surface area (Å²) in [7, 11) is 0. The first kappa shape index (κ1) is 12.8. The Kier molecular flexibility index (Phi) is 4.14. The minimum absolute atomic E-state index is 0.0589. The fourth-order valence-corrected chi connectivity index (χ4v) is 2.28. The zero-order valence-corrected chi connectivity index (χ0v) is 10.6. The van der Waals surface area contributed by atoms with Gasteiger partial charge in [-0.1, -0.05) is 0 Å². The lowest BCUT2D eigenvalue weighted by atomic mass is 10.3. The summed E-state index contributed by atoms with van der Waals surface area (Å²) in [5.74, 6) is -0.276. The Morgan fingerprint density at radius 2 is 2.28 bits per heavy atom. The second-order valence-electron chi connectivity index (χ2n) is 4.23. The Morgan fingerprint density at radius 1 is 1.50 bits per heavy atom. The number of nitrogens with zero attached hydrogens (tertiary/aromatic N) is 1. The monoisotopic (exact) mass is 269 g/mol. The molecule has 2 rings (SSSR count). The number of rotatable bonds is 6. The lowest BCUT2D eigenvalue weighted by Gasteiger charge is -2.03. The normalized spacial score (nSPS) is 14.2. The molecule has 1 aromatic heterocycles. The predicted octanol–water partition coefficient (Wildman–Crippen LogP) is 2.01. The van der Waals surface area contributed by atoms with Crippen LogP contribution < -0.4 is 10.6 Å². The molecule has 98 valence electrons. The highest BCUT2D eigenvalue weighted by Gasteiger charge is 2.26. The average molecular weight is 269 g/mol. The van der Waals surface area contributed by atoms with Crippen molar-refractivity contribution in [3.8, 4) is 0 Å². The number of nitrogens with one attached hydrogen (secondary N) is 2. The second-order valence-corrected chi connectivity index (χ2v) is 5.09. The van der Waals surface area contributed by atoms with Gasteiger partial charge in [0.25, 0.3) is 0 Å². The predicted molar refractivity (Wildman–Crippen MR) is 68.0 cm³/mol. The van der Waals surface area contributed by atoms with Gasteiger partial charge in [0.2, 0.25) is 0 Å². The van der Waals surface area contributed by atoms with E-state index >= 15 is 0 Å². The molecule has 1 aromatic rings. The number of carbonyl (C=O) groups is 2. The zero-order valence-electron chi connectivity index (χ0n) is 9.81. The van der Waals surface area contributed by atoms with Gasteiger partial charge in [-0.15, -0.1) is 11.3 Å². The Bertz CT molecular complexity index is 442. The van der Waals surface area contributed by atoms with Crippen molar-refractivity contribution >= 4 is 28.5 Å². The molecule has 1 fully saturated rings. The number of aliphatic carboxylic acids is 1. The van der Waals surface area contributed by atoms with Gasteiger partial charge in [0, 0.05) is 24.3 Å². The van der Waals surface area contributed by atoms with Crippen LogP contribution in [-0.4, -0.2) is 28.6 Å². The minimum atomic E-state index is -0.855. The highest BCUT2D eigenvalue weighted by Crippen LogP contribution is 2.40. The molecule has 0 bridgehead atoms. The maximum atomic E-state index is 11.4. The number of carboxylic acids is 1. The molecule has 0 unspecified atom stereocenters. The Hall–Kier alpha value is -1.63. The van der Waals surface area contributed by atoms with Crippen molar-refractivity contribution in [2.24, 2.45) is 0 Å². The number of carboxylic acid groups (broad SMARTS) is 1. The Labute approximate surface area is 108 Å². The van der Waals surface area contributed by atoms with E-state index in [1.807, 2.05) is 5.38 Å². The minimum Gasteiger partial charge on any atom is -0.481 e. The summed E-state index contributed by atoms with van der Waals surface area (Å²) in [6.07, 6.45) is 2.85. The molecule has 3 N–H and O–H groups in total. The Balaban J connectivity index is 1.67. The van der Waals surface area contributed by atoms with Crippen LogP contribution in [0.2, 0.25) is 0 Å². The van der Waals surface area contributed by atoms with Crippen LogP contribution in [-0.2, 0) is 4.79 Å². The summed E-state index contributed by atoms with van der Waals surface area (Å²) in [4.78, 5) is 26.0. The van der Waals surface area contributed by atoms with Gasteiger partial charge in [-0.2, -0.15) is 0 Å². The molecule has 6 nitrogen and oxygen atoms in total. The maximum absolute atomic E-state index is 11.4. The number of thiazole rings is 1. The molecule has 0 radical (unpaired) electrons. The van der Waals surface area contributed by atoms with E-state index in [1.165, 1.54) is 24.2 Å². The van der Waals surface area contributed by atoms with E-state index in [2.05, 4.69) is 15.6 Å². The molecular weight excluding hydrogens is 254 g/mol. The van der Waals surface area contributed by atoms with Crippen molar-refractivity contribution in [2.75, 3.05) is 11.9 Å². The highest BCUT2D eigenvalue weighted by molar-refractivity contribution is 7.13. The summed E-state index contributed by atoms with van der Waals surface area (Å²) >= 11 is 1.41. The van der Waals surface area contributed by atoms with Gasteiger partial charge in [-0.25, -0.2) is 9.78 Å². The first-order chi connectivity index (χ1) is 8.65. The quantitative estimate of drug-likeness (QED) is 0.689. The van der Waals surface area contributed by atoms with Crippen molar-refractivity contribution in [2.45, 2.75) is 31.6 Å². The van der Waals surface area contributed by atoms with Gasteiger partial charge in [0.1, 0.15) is 0 Å². The number of urea groups is 1. The van der Waals surface area contributed by atoms with Crippen LogP contribution in [0.3, 0.4) is 0 Å². The van der Waals surface area contributed by atoms with E-state index < -0.39 is 5.97 Å². The third-order valence-electron chi connectivity index (χ3n) is 2.59. The van der Waals surface area contributed by atoms with Crippen LogP contribution in [0.5, 0.6) is 0 Å². The molecule has 0 atom stereocenters. The average Bonchev–Trinajstić information content (AvgIpc) is 3.06. The third kappa shape index (κ3) is 3.99. The van der Waals surface area contributed by atoms with Gasteiger partial charge < -0.3 is 10.4 Å². The lowest BCUT2D eigenvalue weighted by Crippen LogP contribution is -2.29. The van der Waals surface area contributed by atoms with Crippen LogP contribution in [0.1, 0.15) is 37.3 Å². The van der Waals surface area contributed by atoms with Crippen LogP contribution in [0.15, 0.2) is 5.38 Å². The summed E-state index contributed by atoms with van der Waals surface area (Å²) in [6, 6.07) is -0.336. The molecule has 0 saturated heterocycles. The highest BCUT2D eigenvalue weighted by atomic mass is 32.1. The number of hydrogen-bond donors (Lipinski definition) is 3.